The summed E-state index contributed by atoms with van der Waals surface area (Å²) in [4.78, 5) is 21.2. The third-order valence-corrected chi connectivity index (χ3v) is 5.75. The van der Waals surface area contributed by atoms with Crippen LogP contribution in [0.1, 0.15) is 0 Å². The zero-order valence-corrected chi connectivity index (χ0v) is 14.7. The lowest BCUT2D eigenvalue weighted by molar-refractivity contribution is -0.387. The largest absolute Gasteiger partial charge is 0.480 e. The van der Waals surface area contributed by atoms with Crippen LogP contribution in [0.5, 0.6) is 0 Å². The fraction of sp³-hybridized carbons (Fsp3) is 0.0556. The third-order valence-electron chi connectivity index (χ3n) is 3.93. The van der Waals surface area contributed by atoms with Crippen LogP contribution in [-0.4, -0.2) is 31.0 Å². The Morgan fingerprint density at radius 2 is 1.63 bits per heavy atom. The summed E-state index contributed by atoms with van der Waals surface area (Å²) in [6.07, 6.45) is 0. The van der Waals surface area contributed by atoms with Gasteiger partial charge >= 0.3 is 5.97 Å². The first kappa shape index (κ1) is 18.3. The maximum atomic E-state index is 13.1. The molecular formula is C18H14N2O6S. The topological polar surface area (TPSA) is 118 Å². The lowest BCUT2D eigenvalue weighted by Gasteiger charge is -2.23. The van der Waals surface area contributed by atoms with Crippen molar-refractivity contribution in [2.75, 3.05) is 10.8 Å². The first-order chi connectivity index (χ1) is 12.8. The van der Waals surface area contributed by atoms with Gasteiger partial charge in [0.05, 0.1) is 10.6 Å². The molecule has 8 nitrogen and oxygen atoms in total. The molecular weight excluding hydrogens is 372 g/mol. The van der Waals surface area contributed by atoms with E-state index >= 15 is 0 Å². The van der Waals surface area contributed by atoms with Crippen LogP contribution < -0.4 is 4.31 Å². The van der Waals surface area contributed by atoms with Gasteiger partial charge in [0.25, 0.3) is 15.7 Å². The summed E-state index contributed by atoms with van der Waals surface area (Å²) in [6.45, 7) is -0.868. The van der Waals surface area contributed by atoms with E-state index in [1.807, 2.05) is 12.1 Å². The number of rotatable bonds is 6. The highest BCUT2D eigenvalue weighted by Gasteiger charge is 2.33. The van der Waals surface area contributed by atoms with E-state index < -0.39 is 38.0 Å². The van der Waals surface area contributed by atoms with Crippen LogP contribution >= 0.6 is 0 Å². The second-order valence-corrected chi connectivity index (χ2v) is 7.49. The molecule has 0 heterocycles. The summed E-state index contributed by atoms with van der Waals surface area (Å²) in [5.41, 5.74) is -0.511. The minimum Gasteiger partial charge on any atom is -0.480 e. The fourth-order valence-corrected chi connectivity index (χ4v) is 4.28. The molecule has 0 aliphatic carbocycles. The maximum absolute atomic E-state index is 13.1. The lowest BCUT2D eigenvalue weighted by Crippen LogP contribution is -2.36. The first-order valence-electron chi connectivity index (χ1n) is 7.77. The number of nitro benzene ring substituents is 1. The monoisotopic (exact) mass is 386 g/mol. The van der Waals surface area contributed by atoms with Crippen molar-refractivity contribution in [3.63, 3.8) is 0 Å². The van der Waals surface area contributed by atoms with Crippen molar-refractivity contribution in [2.24, 2.45) is 0 Å². The predicted octanol–water partition coefficient (Wildman–Crippen LogP) is 3.03. The van der Waals surface area contributed by atoms with Gasteiger partial charge in [-0.3, -0.25) is 19.2 Å². The van der Waals surface area contributed by atoms with Gasteiger partial charge in [-0.15, -0.1) is 0 Å². The number of carboxylic acids is 1. The van der Waals surface area contributed by atoms with Crippen LogP contribution in [0.15, 0.2) is 71.6 Å². The van der Waals surface area contributed by atoms with Gasteiger partial charge in [-0.25, -0.2) is 8.42 Å². The highest BCUT2D eigenvalue weighted by Crippen LogP contribution is 2.31. The Labute approximate surface area is 154 Å². The molecule has 27 heavy (non-hydrogen) atoms. The molecule has 0 amide bonds. The number of nitrogens with zero attached hydrogens (tertiary/aromatic N) is 2. The number of sulfonamides is 1. The molecule has 0 aliphatic heterocycles. The number of hydrogen-bond donors (Lipinski definition) is 1. The average Bonchev–Trinajstić information content (AvgIpc) is 2.65. The second-order valence-electron chi connectivity index (χ2n) is 5.66. The summed E-state index contributed by atoms with van der Waals surface area (Å²) in [5.74, 6) is -1.38. The van der Waals surface area contributed by atoms with Crippen molar-refractivity contribution in [3.05, 3.63) is 76.8 Å². The molecule has 138 valence electrons. The van der Waals surface area contributed by atoms with Crippen LogP contribution in [-0.2, 0) is 14.8 Å². The normalized spacial score (nSPS) is 11.3. The first-order valence-corrected chi connectivity index (χ1v) is 9.21. The number of carboxylic acid groups (broad SMARTS) is 1. The minimum atomic E-state index is -4.48. The molecule has 0 saturated heterocycles. The van der Waals surface area contributed by atoms with E-state index in [4.69, 9.17) is 0 Å². The van der Waals surface area contributed by atoms with Crippen molar-refractivity contribution in [2.45, 2.75) is 4.90 Å². The van der Waals surface area contributed by atoms with Crippen molar-refractivity contribution < 1.29 is 23.2 Å². The zero-order valence-electron chi connectivity index (χ0n) is 13.8. The van der Waals surface area contributed by atoms with Crippen LogP contribution in [0.2, 0.25) is 0 Å². The number of para-hydroxylation sites is 1. The van der Waals surface area contributed by atoms with Gasteiger partial charge in [0.2, 0.25) is 0 Å². The number of carbonyl (C=O) groups is 1. The maximum Gasteiger partial charge on any atom is 0.324 e. The quantitative estimate of drug-likeness (QED) is 0.514. The summed E-state index contributed by atoms with van der Waals surface area (Å²) in [5, 5.41) is 22.0. The standard InChI is InChI=1S/C18H14N2O6S/c21-18(22)12-19(15-10-9-13-5-1-2-6-14(13)11-15)27(25,26)17-8-4-3-7-16(17)20(23)24/h1-11H,12H2,(H,21,22). The molecule has 1 N–H and O–H groups in total. The van der Waals surface area contributed by atoms with E-state index in [-0.39, 0.29) is 5.69 Å². The molecule has 0 bridgehead atoms. The molecule has 0 spiro atoms. The van der Waals surface area contributed by atoms with E-state index in [0.29, 0.717) is 9.69 Å². The highest BCUT2D eigenvalue weighted by molar-refractivity contribution is 7.93. The van der Waals surface area contributed by atoms with E-state index in [2.05, 4.69) is 0 Å². The zero-order chi connectivity index (χ0) is 19.6. The van der Waals surface area contributed by atoms with Gasteiger partial charge in [0.1, 0.15) is 6.54 Å². The van der Waals surface area contributed by atoms with Gasteiger partial charge < -0.3 is 5.11 Å². The van der Waals surface area contributed by atoms with Gasteiger partial charge in [0.15, 0.2) is 4.90 Å². The molecule has 3 rings (SSSR count). The van der Waals surface area contributed by atoms with Crippen LogP contribution in [0.25, 0.3) is 10.8 Å². The number of nitro groups is 1. The van der Waals surface area contributed by atoms with Crippen molar-refractivity contribution in [1.82, 2.24) is 0 Å². The Bertz CT molecular complexity index is 1140. The van der Waals surface area contributed by atoms with Gasteiger partial charge in [-0.1, -0.05) is 42.5 Å². The summed E-state index contributed by atoms with van der Waals surface area (Å²) < 4.78 is 26.8. The summed E-state index contributed by atoms with van der Waals surface area (Å²) in [6, 6.07) is 16.7. The highest BCUT2D eigenvalue weighted by atomic mass is 32.2. The Hall–Kier alpha value is -3.46. The number of fused-ring (bicyclic) bond motifs is 1. The predicted molar refractivity (Wildman–Crippen MR) is 99.2 cm³/mol. The molecule has 0 unspecified atom stereocenters. The van der Waals surface area contributed by atoms with Crippen molar-refractivity contribution >= 4 is 38.1 Å². The van der Waals surface area contributed by atoms with E-state index in [9.17, 15) is 28.4 Å². The Morgan fingerprint density at radius 1 is 1.00 bits per heavy atom. The fourth-order valence-electron chi connectivity index (χ4n) is 2.71. The molecule has 0 fully saturated rings. The molecule has 3 aromatic rings. The molecule has 0 atom stereocenters. The van der Waals surface area contributed by atoms with Crippen molar-refractivity contribution in [1.29, 1.82) is 0 Å². The lowest BCUT2D eigenvalue weighted by atomic mass is 10.1. The summed E-state index contributed by atoms with van der Waals surface area (Å²) in [7, 11) is -4.48. The Morgan fingerprint density at radius 3 is 2.30 bits per heavy atom. The number of hydrogen-bond acceptors (Lipinski definition) is 5. The molecule has 0 aliphatic rings. The minimum absolute atomic E-state index is 0.106. The molecule has 9 heteroatoms. The molecule has 0 radical (unpaired) electrons. The van der Waals surface area contributed by atoms with Crippen LogP contribution in [0, 0.1) is 10.1 Å². The number of aliphatic carboxylic acids is 1. The smallest absolute Gasteiger partial charge is 0.324 e. The van der Waals surface area contributed by atoms with Crippen LogP contribution in [0.4, 0.5) is 11.4 Å². The van der Waals surface area contributed by atoms with Crippen molar-refractivity contribution in [3.8, 4) is 0 Å². The SMILES string of the molecule is O=C(O)CN(c1ccc2ccccc2c1)S(=O)(=O)c1ccccc1[N+](=O)[O-]. The number of benzene rings is 3. The third kappa shape index (κ3) is 3.58. The van der Waals surface area contributed by atoms with Gasteiger partial charge in [0, 0.05) is 6.07 Å². The van der Waals surface area contributed by atoms with E-state index in [1.165, 1.54) is 24.3 Å². The Balaban J connectivity index is 2.19. The van der Waals surface area contributed by atoms with Crippen LogP contribution in [0.3, 0.4) is 0 Å². The van der Waals surface area contributed by atoms with E-state index in [1.54, 1.807) is 18.2 Å². The van der Waals surface area contributed by atoms with Gasteiger partial charge in [-0.2, -0.15) is 0 Å². The van der Waals surface area contributed by atoms with E-state index in [0.717, 1.165) is 17.5 Å². The molecule has 0 aromatic heterocycles. The molecule has 3 aromatic carbocycles. The molecule has 0 saturated carbocycles. The van der Waals surface area contributed by atoms with Gasteiger partial charge in [-0.05, 0) is 29.0 Å². The average molecular weight is 386 g/mol. The number of anilines is 1. The summed E-state index contributed by atoms with van der Waals surface area (Å²) >= 11 is 0. The second kappa shape index (κ2) is 7.04. The Kier molecular flexibility index (Phi) is 4.78.